The van der Waals surface area contributed by atoms with Crippen molar-refractivity contribution in [2.45, 2.75) is 32.4 Å². The molecule has 0 saturated carbocycles. The molecule has 10 heteroatoms. The molecule has 0 bridgehead atoms. The van der Waals surface area contributed by atoms with Gasteiger partial charge in [0.25, 0.3) is 5.91 Å². The molecule has 1 atom stereocenters. The van der Waals surface area contributed by atoms with E-state index in [-0.39, 0.29) is 18.5 Å². The van der Waals surface area contributed by atoms with Crippen LogP contribution in [0, 0.1) is 0 Å². The van der Waals surface area contributed by atoms with Crippen LogP contribution in [0.25, 0.3) is 0 Å². The lowest BCUT2D eigenvalue weighted by Gasteiger charge is -2.15. The first-order valence-corrected chi connectivity index (χ1v) is 8.44. The maximum Gasteiger partial charge on any atom is 0.331 e. The smallest absolute Gasteiger partial charge is 0.331 e. The van der Waals surface area contributed by atoms with Crippen molar-refractivity contribution in [3.63, 3.8) is 0 Å². The maximum atomic E-state index is 12.4. The van der Waals surface area contributed by atoms with Gasteiger partial charge in [0.15, 0.2) is 12.6 Å². The highest BCUT2D eigenvalue weighted by Gasteiger charge is 2.24. The normalized spacial score (nSPS) is 11.7. The van der Waals surface area contributed by atoms with E-state index >= 15 is 0 Å². The zero-order valence-corrected chi connectivity index (χ0v) is 15.2. The fraction of sp³-hybridized carbons (Fsp3) is 0.412. The molecule has 2 amide bonds. The number of rotatable bonds is 9. The van der Waals surface area contributed by atoms with Crippen LogP contribution in [-0.2, 0) is 25.5 Å². The Labute approximate surface area is 156 Å². The molecule has 0 unspecified atom stereocenters. The third-order valence-electron chi connectivity index (χ3n) is 3.47. The van der Waals surface area contributed by atoms with E-state index in [2.05, 4.69) is 26.2 Å². The van der Waals surface area contributed by atoms with Crippen LogP contribution in [-0.4, -0.2) is 57.2 Å². The van der Waals surface area contributed by atoms with Gasteiger partial charge < -0.3 is 15.4 Å². The average molecular weight is 374 g/mol. The van der Waals surface area contributed by atoms with E-state index in [1.807, 2.05) is 44.2 Å². The summed E-state index contributed by atoms with van der Waals surface area (Å²) >= 11 is 0. The van der Waals surface area contributed by atoms with E-state index in [9.17, 15) is 14.4 Å². The number of amides is 2. The average Bonchev–Trinajstić information content (AvgIpc) is 3.17. The van der Waals surface area contributed by atoms with E-state index in [4.69, 9.17) is 4.74 Å². The van der Waals surface area contributed by atoms with Crippen LogP contribution in [0.15, 0.2) is 36.7 Å². The third-order valence-corrected chi connectivity index (χ3v) is 3.47. The van der Waals surface area contributed by atoms with Crippen molar-refractivity contribution < 1.29 is 19.1 Å². The molecule has 0 aliphatic carbocycles. The van der Waals surface area contributed by atoms with Crippen LogP contribution < -0.4 is 10.6 Å². The molecule has 0 saturated heterocycles. The molecule has 10 nitrogen and oxygen atoms in total. The highest BCUT2D eigenvalue weighted by Crippen LogP contribution is 2.14. The van der Waals surface area contributed by atoms with Gasteiger partial charge in [0.2, 0.25) is 5.91 Å². The summed E-state index contributed by atoms with van der Waals surface area (Å²) in [6.07, 6.45) is 1.62. The number of esters is 1. The zero-order chi connectivity index (χ0) is 19.6. The Morgan fingerprint density at radius 3 is 2.52 bits per heavy atom. The number of nitrogens with one attached hydrogen (secondary N) is 2. The Hall–Kier alpha value is -3.30. The van der Waals surface area contributed by atoms with Crippen molar-refractivity contribution in [3.05, 3.63) is 42.2 Å². The summed E-state index contributed by atoms with van der Waals surface area (Å²) in [4.78, 5) is 35.7. The van der Waals surface area contributed by atoms with Gasteiger partial charge in [-0.05, 0) is 29.8 Å². The van der Waals surface area contributed by atoms with Gasteiger partial charge in [-0.2, -0.15) is 0 Å². The van der Waals surface area contributed by atoms with Crippen molar-refractivity contribution in [3.8, 4) is 0 Å². The van der Waals surface area contributed by atoms with Crippen molar-refractivity contribution in [2.24, 2.45) is 0 Å². The van der Waals surface area contributed by atoms with Crippen LogP contribution in [0.2, 0.25) is 0 Å². The molecule has 1 heterocycles. The number of aromatic nitrogens is 4. The fourth-order valence-corrected chi connectivity index (χ4v) is 2.27. The summed E-state index contributed by atoms with van der Waals surface area (Å²) < 4.78 is 6.36. The summed E-state index contributed by atoms with van der Waals surface area (Å²) in [7, 11) is 0. The highest BCUT2D eigenvalue weighted by atomic mass is 16.5. The number of carbonyl (C=O) groups excluding carboxylic acids is 3. The van der Waals surface area contributed by atoms with Crippen molar-refractivity contribution in [2.75, 3.05) is 13.2 Å². The van der Waals surface area contributed by atoms with Crippen LogP contribution in [0.3, 0.4) is 0 Å². The molecule has 27 heavy (non-hydrogen) atoms. The molecule has 2 aromatic rings. The fourth-order valence-electron chi connectivity index (χ4n) is 2.27. The van der Waals surface area contributed by atoms with Crippen LogP contribution >= 0.6 is 0 Å². The molecule has 0 radical (unpaired) electrons. The molecule has 0 aliphatic heterocycles. The van der Waals surface area contributed by atoms with Gasteiger partial charge in [-0.3, -0.25) is 9.59 Å². The second-order valence-electron chi connectivity index (χ2n) is 6.10. The molecule has 2 rings (SSSR count). The second-order valence-corrected chi connectivity index (χ2v) is 6.10. The summed E-state index contributed by atoms with van der Waals surface area (Å²) in [5, 5.41) is 15.9. The highest BCUT2D eigenvalue weighted by molar-refractivity contribution is 5.86. The predicted molar refractivity (Wildman–Crippen MR) is 94.2 cm³/mol. The predicted octanol–water partition coefficient (Wildman–Crippen LogP) is -0.359. The van der Waals surface area contributed by atoms with Gasteiger partial charge in [-0.1, -0.05) is 30.3 Å². The van der Waals surface area contributed by atoms with Gasteiger partial charge in [0, 0.05) is 12.5 Å². The zero-order valence-electron chi connectivity index (χ0n) is 15.2. The summed E-state index contributed by atoms with van der Waals surface area (Å²) in [5.74, 6) is -1.54. The number of hydrogen-bond acceptors (Lipinski definition) is 7. The first-order valence-electron chi connectivity index (χ1n) is 8.44. The monoisotopic (exact) mass is 374 g/mol. The number of tetrazole rings is 1. The minimum absolute atomic E-state index is 0.0257. The van der Waals surface area contributed by atoms with E-state index in [1.54, 1.807) is 0 Å². The number of carbonyl (C=O) groups is 3. The van der Waals surface area contributed by atoms with E-state index < -0.39 is 24.5 Å². The first kappa shape index (κ1) is 20.0. The summed E-state index contributed by atoms with van der Waals surface area (Å²) in [5.41, 5.74) is 0.893. The molecule has 0 fully saturated rings. The van der Waals surface area contributed by atoms with Gasteiger partial charge >= 0.3 is 5.97 Å². The SMILES string of the molecule is CC(C)NC(=O)CNC(=O)COC(=O)[C@@H](Cc1ccccc1)n1cnnn1. The van der Waals surface area contributed by atoms with Gasteiger partial charge in [0.1, 0.15) is 6.33 Å². The molecule has 0 spiro atoms. The molecular formula is C17H22N6O4. The summed E-state index contributed by atoms with van der Waals surface area (Å²) in [6, 6.07) is 8.48. The van der Waals surface area contributed by atoms with E-state index in [1.165, 1.54) is 11.0 Å². The standard InChI is InChI=1S/C17H22N6O4/c1-12(2)20-15(24)9-18-16(25)10-27-17(26)14(23-11-19-21-22-23)8-13-6-4-3-5-7-13/h3-7,11-12,14H,8-10H2,1-2H3,(H,18,25)(H,20,24)/t14-/m1/s1. The van der Waals surface area contributed by atoms with Crippen LogP contribution in [0.4, 0.5) is 0 Å². The Bertz CT molecular complexity index is 748. The van der Waals surface area contributed by atoms with Crippen molar-refractivity contribution in [1.82, 2.24) is 30.8 Å². The quantitative estimate of drug-likeness (QED) is 0.574. The van der Waals surface area contributed by atoms with Crippen LogP contribution in [0.1, 0.15) is 25.5 Å². The molecule has 144 valence electrons. The molecule has 1 aromatic carbocycles. The summed E-state index contributed by atoms with van der Waals surface area (Å²) in [6.45, 7) is 2.94. The van der Waals surface area contributed by atoms with E-state index in [0.717, 1.165) is 5.56 Å². The molecule has 2 N–H and O–H groups in total. The lowest BCUT2D eigenvalue weighted by Crippen LogP contribution is -2.41. The Morgan fingerprint density at radius 2 is 1.89 bits per heavy atom. The second kappa shape index (κ2) is 10.00. The first-order chi connectivity index (χ1) is 13.0. The lowest BCUT2D eigenvalue weighted by molar-refractivity contribution is -0.152. The van der Waals surface area contributed by atoms with Crippen molar-refractivity contribution in [1.29, 1.82) is 0 Å². The van der Waals surface area contributed by atoms with Crippen LogP contribution in [0.5, 0.6) is 0 Å². The number of ether oxygens (including phenoxy) is 1. The third kappa shape index (κ3) is 6.84. The van der Waals surface area contributed by atoms with Gasteiger partial charge in [0.05, 0.1) is 6.54 Å². The van der Waals surface area contributed by atoms with E-state index in [0.29, 0.717) is 6.42 Å². The Morgan fingerprint density at radius 1 is 1.15 bits per heavy atom. The Balaban J connectivity index is 1.88. The van der Waals surface area contributed by atoms with Crippen molar-refractivity contribution >= 4 is 17.8 Å². The number of hydrogen-bond donors (Lipinski definition) is 2. The lowest BCUT2D eigenvalue weighted by atomic mass is 10.1. The number of nitrogens with zero attached hydrogens (tertiary/aromatic N) is 4. The number of benzene rings is 1. The maximum absolute atomic E-state index is 12.4. The minimum atomic E-state index is -0.806. The topological polar surface area (TPSA) is 128 Å². The van der Waals surface area contributed by atoms with Gasteiger partial charge in [-0.15, -0.1) is 5.10 Å². The molecular weight excluding hydrogens is 352 g/mol. The molecule has 1 aromatic heterocycles. The minimum Gasteiger partial charge on any atom is -0.454 e. The Kier molecular flexibility index (Phi) is 7.41. The van der Waals surface area contributed by atoms with Gasteiger partial charge in [-0.25, -0.2) is 9.48 Å². The largest absolute Gasteiger partial charge is 0.454 e. The molecule has 0 aliphatic rings.